The summed E-state index contributed by atoms with van der Waals surface area (Å²) in [7, 11) is -1.71. The van der Waals surface area contributed by atoms with Gasteiger partial charge in [-0.1, -0.05) is 0 Å². The fraction of sp³-hybridized carbons (Fsp3) is 0.529. The highest BCUT2D eigenvalue weighted by atomic mass is 32.2. The summed E-state index contributed by atoms with van der Waals surface area (Å²) in [6.45, 7) is 1.07. The van der Waals surface area contributed by atoms with Crippen LogP contribution < -0.4 is 5.32 Å². The molecule has 3 rings (SSSR count). The third-order valence-corrected chi connectivity index (χ3v) is 6.17. The minimum atomic E-state index is -4.69. The molecule has 5 atom stereocenters. The van der Waals surface area contributed by atoms with E-state index >= 15 is 0 Å². The molecule has 1 fully saturated rings. The van der Waals surface area contributed by atoms with Crippen LogP contribution in [0.3, 0.4) is 0 Å². The molecular formula is C17H17F5N2O3S. The molecule has 0 amide bonds. The molecule has 28 heavy (non-hydrogen) atoms. The molecule has 0 aromatic carbocycles. The predicted molar refractivity (Wildman–Crippen MR) is 89.7 cm³/mol. The van der Waals surface area contributed by atoms with Crippen LogP contribution in [0.1, 0.15) is 31.3 Å². The van der Waals surface area contributed by atoms with Crippen molar-refractivity contribution < 1.29 is 36.0 Å². The average Bonchev–Trinajstić information content (AvgIpc) is 3.06. The predicted octanol–water partition coefficient (Wildman–Crippen LogP) is 3.61. The van der Waals surface area contributed by atoms with E-state index < -0.39 is 64.1 Å². The highest BCUT2D eigenvalue weighted by Gasteiger charge is 2.50. The van der Waals surface area contributed by atoms with Gasteiger partial charge in [0, 0.05) is 0 Å². The Kier molecular flexibility index (Phi) is 5.48. The summed E-state index contributed by atoms with van der Waals surface area (Å²) in [6.07, 6.45) is -8.09. The van der Waals surface area contributed by atoms with Crippen molar-refractivity contribution in [3.05, 3.63) is 34.3 Å². The first-order valence-corrected chi connectivity index (χ1v) is 9.82. The van der Waals surface area contributed by atoms with Crippen molar-refractivity contribution in [2.24, 2.45) is 5.92 Å². The van der Waals surface area contributed by atoms with Crippen LogP contribution in [0, 0.1) is 10.7 Å². The summed E-state index contributed by atoms with van der Waals surface area (Å²) in [5, 5.41) is 2.46. The zero-order valence-corrected chi connectivity index (χ0v) is 15.4. The van der Waals surface area contributed by atoms with E-state index in [4.69, 9.17) is 4.78 Å². The topological polar surface area (TPSA) is 83.2 Å². The molecule has 1 aromatic rings. The Morgan fingerprint density at radius 3 is 2.50 bits per heavy atom. The Balaban J connectivity index is 1.93. The Morgan fingerprint density at radius 1 is 1.29 bits per heavy atom. The lowest BCUT2D eigenvalue weighted by atomic mass is 9.75. The van der Waals surface area contributed by atoms with E-state index in [-0.39, 0.29) is 29.4 Å². The number of carbonyl (C=O) groups excluding carboxylic acids is 2. The number of fused-ring (bicyclic) bond motifs is 1. The van der Waals surface area contributed by atoms with E-state index in [1.54, 1.807) is 0 Å². The van der Waals surface area contributed by atoms with Crippen LogP contribution in [0.2, 0.25) is 0 Å². The van der Waals surface area contributed by atoms with Crippen LogP contribution in [-0.2, 0) is 32.2 Å². The van der Waals surface area contributed by atoms with Gasteiger partial charge in [-0.05, 0) is 42.6 Å². The fourth-order valence-corrected chi connectivity index (χ4v) is 4.84. The summed E-state index contributed by atoms with van der Waals surface area (Å²) in [5.74, 6) is -4.68. The smallest absolute Gasteiger partial charge is 0.449 e. The molecule has 2 N–H and O–H groups in total. The van der Waals surface area contributed by atoms with Crippen molar-refractivity contribution >= 4 is 22.3 Å². The highest BCUT2D eigenvalue weighted by Crippen LogP contribution is 2.37. The normalized spacial score (nSPS) is 29.3. The second-order valence-electron chi connectivity index (χ2n) is 6.73. The lowest BCUT2D eigenvalue weighted by Crippen LogP contribution is -2.57. The molecule has 2 aliphatic rings. The maximum atomic E-state index is 14.3. The summed E-state index contributed by atoms with van der Waals surface area (Å²) >= 11 is 0. The van der Waals surface area contributed by atoms with E-state index in [1.165, 1.54) is 0 Å². The molecule has 1 aliphatic heterocycles. The molecule has 0 saturated heterocycles. The summed E-state index contributed by atoms with van der Waals surface area (Å²) in [6, 6.07) is 0.556. The number of alkyl halides is 5. The van der Waals surface area contributed by atoms with Crippen LogP contribution >= 0.6 is 0 Å². The Labute approximate surface area is 159 Å². The Hall–Kier alpha value is -2.04. The van der Waals surface area contributed by atoms with Crippen molar-refractivity contribution in [1.29, 1.82) is 4.78 Å². The Morgan fingerprint density at radius 2 is 1.93 bits per heavy atom. The first kappa shape index (κ1) is 20.7. The Bertz CT molecular complexity index is 863. The molecular weight excluding hydrogens is 407 g/mol. The van der Waals surface area contributed by atoms with Gasteiger partial charge in [-0.2, -0.15) is 13.2 Å². The number of rotatable bonds is 4. The van der Waals surface area contributed by atoms with Crippen molar-refractivity contribution in [1.82, 2.24) is 5.32 Å². The van der Waals surface area contributed by atoms with Gasteiger partial charge >= 0.3 is 6.18 Å². The van der Waals surface area contributed by atoms with Crippen LogP contribution in [0.25, 0.3) is 0 Å². The highest BCUT2D eigenvalue weighted by molar-refractivity contribution is 7.89. The molecule has 5 nitrogen and oxygen atoms in total. The van der Waals surface area contributed by atoms with E-state index in [1.807, 2.05) is 0 Å². The van der Waals surface area contributed by atoms with Gasteiger partial charge < -0.3 is 9.73 Å². The first-order valence-electron chi connectivity index (χ1n) is 8.42. The summed E-state index contributed by atoms with van der Waals surface area (Å²) in [4.78, 5) is 24.7. The van der Waals surface area contributed by atoms with Crippen LogP contribution in [0.15, 0.2) is 27.2 Å². The maximum absolute atomic E-state index is 14.3. The van der Waals surface area contributed by atoms with Gasteiger partial charge in [0.2, 0.25) is 5.76 Å². The summed E-state index contributed by atoms with van der Waals surface area (Å²) < 4.78 is 79.4. The molecule has 0 radical (unpaired) electrons. The van der Waals surface area contributed by atoms with E-state index in [2.05, 4.69) is 9.73 Å². The van der Waals surface area contributed by atoms with Gasteiger partial charge in [0.25, 0.3) is 0 Å². The number of halogens is 5. The second-order valence-corrected chi connectivity index (χ2v) is 8.21. The minimum absolute atomic E-state index is 0.107. The molecule has 3 unspecified atom stereocenters. The first-order chi connectivity index (χ1) is 13.0. The largest absolute Gasteiger partial charge is 0.456 e. The van der Waals surface area contributed by atoms with Crippen molar-refractivity contribution in [3.63, 3.8) is 0 Å². The number of nitrogens with one attached hydrogen (secondary N) is 2. The van der Waals surface area contributed by atoms with Crippen LogP contribution in [0.5, 0.6) is 0 Å². The van der Waals surface area contributed by atoms with E-state index in [0.717, 1.165) is 13.0 Å². The van der Waals surface area contributed by atoms with Crippen molar-refractivity contribution in [2.45, 2.75) is 50.1 Å². The zero-order valence-electron chi connectivity index (χ0n) is 14.6. The number of ketones is 2. The number of allylic oxidation sites excluding steroid dienone is 1. The average molecular weight is 424 g/mol. The molecule has 154 valence electrons. The van der Waals surface area contributed by atoms with E-state index in [9.17, 15) is 31.5 Å². The third kappa shape index (κ3) is 3.76. The number of hydrogen-bond donors (Lipinski definition) is 2. The number of Topliss-reactive ketones (excluding diaryl/α,β-unsaturated/α-hetero) is 2. The van der Waals surface area contributed by atoms with Gasteiger partial charge in [-0.15, -0.1) is 0 Å². The quantitative estimate of drug-likeness (QED) is 0.572. The molecule has 0 spiro atoms. The minimum Gasteiger partial charge on any atom is -0.456 e. The number of carbonyl (C=O) groups is 2. The zero-order chi connectivity index (χ0) is 20.8. The van der Waals surface area contributed by atoms with Gasteiger partial charge in [0.05, 0.1) is 28.3 Å². The SMILES string of the molecule is CC(=O)C1=C(S(=N)Cc2ccc(C(F)(F)F)o2)NC2C(C1=O)[C@H](F)CC[C@@H]2F. The summed E-state index contributed by atoms with van der Waals surface area (Å²) in [5.41, 5.74) is -0.418. The van der Waals surface area contributed by atoms with Gasteiger partial charge in [-0.3, -0.25) is 14.4 Å². The molecule has 11 heteroatoms. The molecule has 1 saturated carbocycles. The van der Waals surface area contributed by atoms with Crippen LogP contribution in [0.4, 0.5) is 22.0 Å². The third-order valence-electron chi connectivity index (χ3n) is 4.78. The van der Waals surface area contributed by atoms with Gasteiger partial charge in [0.1, 0.15) is 18.1 Å². The fourth-order valence-electron chi connectivity index (χ4n) is 3.49. The maximum Gasteiger partial charge on any atom is 0.449 e. The van der Waals surface area contributed by atoms with Crippen molar-refractivity contribution in [3.8, 4) is 0 Å². The second kappa shape index (κ2) is 7.41. The van der Waals surface area contributed by atoms with Gasteiger partial charge in [0.15, 0.2) is 11.6 Å². The number of furan rings is 1. The monoisotopic (exact) mass is 424 g/mol. The lowest BCUT2D eigenvalue weighted by molar-refractivity contribution is -0.153. The van der Waals surface area contributed by atoms with E-state index in [0.29, 0.717) is 6.07 Å². The lowest BCUT2D eigenvalue weighted by Gasteiger charge is -2.41. The molecule has 1 aromatic heterocycles. The molecule has 1 aliphatic carbocycles. The van der Waals surface area contributed by atoms with Gasteiger partial charge in [-0.25, -0.2) is 8.78 Å². The molecule has 0 bridgehead atoms. The molecule has 2 heterocycles. The standard InChI is InChI=1S/C17H17F5N2O3S/c1-7(25)12-15(26)13-9(18)3-4-10(19)14(13)24-16(12)28(23)6-8-2-5-11(27-8)17(20,21)22/h2,5,9-10,13-14,23-24H,3-4,6H2,1H3/t9-,10+,13?,14?,28?/m1/s1. The number of hydrogen-bond acceptors (Lipinski definition) is 5. The van der Waals surface area contributed by atoms with Crippen LogP contribution in [-0.4, -0.2) is 30.0 Å². The van der Waals surface area contributed by atoms with Crippen molar-refractivity contribution in [2.75, 3.05) is 0 Å².